The number of nitrogens with zero attached hydrogens (tertiary/aromatic N) is 5. The predicted octanol–water partition coefficient (Wildman–Crippen LogP) is -0.493. The summed E-state index contributed by atoms with van der Waals surface area (Å²) in [5, 5.41) is 14.9. The number of likely N-dealkylation sites (tertiary alicyclic amines) is 1. The molecule has 3 aliphatic heterocycles. The fourth-order valence-electron chi connectivity index (χ4n) is 6.01. The number of hydrogen-bond acceptors (Lipinski definition) is 7. The molecule has 0 aliphatic carbocycles. The van der Waals surface area contributed by atoms with Crippen LogP contribution in [-0.2, 0) is 23.6 Å². The lowest BCUT2D eigenvalue weighted by Crippen LogP contribution is -2.58. The van der Waals surface area contributed by atoms with Crippen molar-refractivity contribution in [3.63, 3.8) is 0 Å². The number of ether oxygens (including phenoxy) is 1. The third-order valence-corrected chi connectivity index (χ3v) is 8.09. The van der Waals surface area contributed by atoms with Crippen LogP contribution in [0.2, 0.25) is 0 Å². The van der Waals surface area contributed by atoms with E-state index in [4.69, 9.17) is 4.74 Å². The van der Waals surface area contributed by atoms with E-state index in [1.807, 2.05) is 4.90 Å². The summed E-state index contributed by atoms with van der Waals surface area (Å²) in [6.07, 6.45) is 5.20. The summed E-state index contributed by atoms with van der Waals surface area (Å²) in [5.74, 6) is 0.268. The van der Waals surface area contributed by atoms with Crippen molar-refractivity contribution in [1.82, 2.24) is 28.9 Å². The van der Waals surface area contributed by atoms with Crippen LogP contribution in [0.25, 0.3) is 11.2 Å². The molecule has 11 heteroatoms. The molecule has 3 aliphatic rings. The largest absolute Gasteiger partial charge is 0.388 e. The van der Waals surface area contributed by atoms with Crippen molar-refractivity contribution in [3.8, 4) is 0 Å². The Hall–Kier alpha value is -2.50. The molecule has 186 valence electrons. The third-order valence-electron chi connectivity index (χ3n) is 8.09. The van der Waals surface area contributed by atoms with Gasteiger partial charge in [0.15, 0.2) is 11.2 Å². The number of nitrogens with one attached hydrogen (secondary N) is 1. The maximum absolute atomic E-state index is 12.9. The molecule has 0 aromatic carbocycles. The molecule has 3 atom stereocenters. The van der Waals surface area contributed by atoms with E-state index in [9.17, 15) is 19.5 Å². The molecule has 11 nitrogen and oxygen atoms in total. The monoisotopic (exact) mass is 474 g/mol. The van der Waals surface area contributed by atoms with Gasteiger partial charge in [0.05, 0.1) is 36.1 Å². The highest BCUT2D eigenvalue weighted by atomic mass is 16.5. The molecule has 3 fully saturated rings. The van der Waals surface area contributed by atoms with Gasteiger partial charge in [-0.2, -0.15) is 0 Å². The number of aromatic nitrogens is 4. The van der Waals surface area contributed by atoms with Crippen molar-refractivity contribution < 1.29 is 14.6 Å². The Morgan fingerprint density at radius 3 is 2.62 bits per heavy atom. The molecule has 34 heavy (non-hydrogen) atoms. The fourth-order valence-corrected chi connectivity index (χ4v) is 6.01. The number of carbonyl (C=O) groups excluding carboxylic acids is 1. The Balaban J connectivity index is 1.34. The van der Waals surface area contributed by atoms with Crippen molar-refractivity contribution in [2.24, 2.45) is 20.0 Å². The molecule has 0 bridgehead atoms. The van der Waals surface area contributed by atoms with Gasteiger partial charge in [-0.3, -0.25) is 18.7 Å². The van der Waals surface area contributed by atoms with E-state index in [0.717, 1.165) is 30.5 Å². The number of imidazole rings is 1. The maximum Gasteiger partial charge on any atom is 0.332 e. The smallest absolute Gasteiger partial charge is 0.332 e. The summed E-state index contributed by atoms with van der Waals surface area (Å²) < 4.78 is 10.4. The first-order valence-corrected chi connectivity index (χ1v) is 12.1. The van der Waals surface area contributed by atoms with Crippen LogP contribution in [0.4, 0.5) is 0 Å². The second kappa shape index (κ2) is 8.31. The quantitative estimate of drug-likeness (QED) is 0.602. The van der Waals surface area contributed by atoms with Crippen LogP contribution in [0.3, 0.4) is 0 Å². The summed E-state index contributed by atoms with van der Waals surface area (Å²) in [6.45, 7) is 4.94. The van der Waals surface area contributed by atoms with Gasteiger partial charge in [-0.05, 0) is 39.2 Å². The molecule has 0 unspecified atom stereocenters. The Bertz CT molecular complexity index is 1210. The van der Waals surface area contributed by atoms with Crippen LogP contribution < -0.4 is 16.6 Å². The van der Waals surface area contributed by atoms with Gasteiger partial charge in [-0.25, -0.2) is 9.78 Å². The van der Waals surface area contributed by atoms with Gasteiger partial charge in [-0.1, -0.05) is 0 Å². The summed E-state index contributed by atoms with van der Waals surface area (Å²) in [6, 6.07) is -0.527. The van der Waals surface area contributed by atoms with E-state index >= 15 is 0 Å². The van der Waals surface area contributed by atoms with Crippen molar-refractivity contribution >= 4 is 17.1 Å². The van der Waals surface area contributed by atoms with Gasteiger partial charge in [0.1, 0.15) is 0 Å². The minimum Gasteiger partial charge on any atom is -0.388 e. The van der Waals surface area contributed by atoms with Crippen LogP contribution in [0.15, 0.2) is 15.9 Å². The van der Waals surface area contributed by atoms with Gasteiger partial charge >= 0.3 is 5.69 Å². The van der Waals surface area contributed by atoms with E-state index in [2.05, 4.69) is 10.3 Å². The van der Waals surface area contributed by atoms with E-state index in [1.54, 1.807) is 18.5 Å². The Kier molecular flexibility index (Phi) is 5.69. The summed E-state index contributed by atoms with van der Waals surface area (Å²) in [4.78, 5) is 44.3. The average Bonchev–Trinajstić information content (AvgIpc) is 3.26. The number of fused-ring (bicyclic) bond motifs is 1. The van der Waals surface area contributed by atoms with E-state index < -0.39 is 28.5 Å². The fraction of sp³-hybridized carbons (Fsp3) is 0.739. The molecule has 0 radical (unpaired) electrons. The van der Waals surface area contributed by atoms with E-state index in [1.165, 1.54) is 17.9 Å². The van der Waals surface area contributed by atoms with Gasteiger partial charge in [0.2, 0.25) is 5.91 Å². The summed E-state index contributed by atoms with van der Waals surface area (Å²) in [7, 11) is 3.01. The standard InChI is InChI=1S/C23H34N6O5/c1-22(33)13-23(6-9-28(10-7-23)19(30)15-5-4-8-24-11-15)34-12-16(22)29-14-25-18-17(29)20(31)27(3)21(32)26(18)2/h14-16,24,33H,4-13H2,1-3H3/t15-,16+,22+/m0/s1. The zero-order valence-electron chi connectivity index (χ0n) is 20.1. The molecule has 5 heterocycles. The van der Waals surface area contributed by atoms with Crippen LogP contribution in [0.5, 0.6) is 0 Å². The van der Waals surface area contributed by atoms with Crippen molar-refractivity contribution in [2.45, 2.75) is 56.3 Å². The molecule has 1 amide bonds. The highest BCUT2D eigenvalue weighted by Gasteiger charge is 2.50. The molecule has 2 aromatic rings. The Morgan fingerprint density at radius 1 is 1.24 bits per heavy atom. The first kappa shape index (κ1) is 23.3. The van der Waals surface area contributed by atoms with E-state index in [0.29, 0.717) is 32.4 Å². The number of rotatable bonds is 2. The molecular formula is C23H34N6O5. The van der Waals surface area contributed by atoms with Gasteiger partial charge in [-0.15, -0.1) is 0 Å². The molecular weight excluding hydrogens is 440 g/mol. The van der Waals surface area contributed by atoms with Crippen LogP contribution >= 0.6 is 0 Å². The lowest BCUT2D eigenvalue weighted by Gasteiger charge is -2.51. The molecule has 0 saturated carbocycles. The minimum atomic E-state index is -1.16. The van der Waals surface area contributed by atoms with Crippen molar-refractivity contribution in [2.75, 3.05) is 32.8 Å². The zero-order chi connectivity index (χ0) is 24.3. The van der Waals surface area contributed by atoms with Crippen molar-refractivity contribution in [3.05, 3.63) is 27.2 Å². The second-order valence-electron chi connectivity index (χ2n) is 10.4. The normalized spacial score (nSPS) is 29.6. The van der Waals surface area contributed by atoms with Crippen LogP contribution in [0, 0.1) is 5.92 Å². The maximum atomic E-state index is 12.9. The molecule has 3 saturated heterocycles. The minimum absolute atomic E-state index is 0.0515. The number of hydrogen-bond donors (Lipinski definition) is 2. The lowest BCUT2D eigenvalue weighted by molar-refractivity contribution is -0.197. The van der Waals surface area contributed by atoms with Crippen LogP contribution in [-0.4, -0.2) is 78.6 Å². The second-order valence-corrected chi connectivity index (χ2v) is 10.4. The summed E-state index contributed by atoms with van der Waals surface area (Å²) in [5.41, 5.74) is -2.00. The van der Waals surface area contributed by atoms with Gasteiger partial charge in [0, 0.05) is 40.2 Å². The lowest BCUT2D eigenvalue weighted by atomic mass is 9.75. The highest BCUT2D eigenvalue weighted by molar-refractivity contribution is 5.79. The first-order chi connectivity index (χ1) is 16.1. The average molecular weight is 475 g/mol. The topological polar surface area (TPSA) is 124 Å². The molecule has 2 N–H and O–H groups in total. The Labute approximate surface area is 197 Å². The van der Waals surface area contributed by atoms with Crippen molar-refractivity contribution in [1.29, 1.82) is 0 Å². The number of amides is 1. The SMILES string of the molecule is Cn1c(=O)c2c(ncn2[C@@H]2COC3(CCN(C(=O)[C@H]4CCCNC4)CC3)C[C@@]2(C)O)n(C)c1=O. The highest BCUT2D eigenvalue weighted by Crippen LogP contribution is 2.44. The number of piperidine rings is 2. The van der Waals surface area contributed by atoms with Gasteiger partial charge in [0.25, 0.3) is 5.56 Å². The Morgan fingerprint density at radius 2 is 1.97 bits per heavy atom. The van der Waals surface area contributed by atoms with E-state index in [-0.39, 0.29) is 29.6 Å². The molecule has 1 spiro atoms. The zero-order valence-corrected chi connectivity index (χ0v) is 20.1. The first-order valence-electron chi connectivity index (χ1n) is 12.1. The number of aliphatic hydroxyl groups is 1. The number of carbonyl (C=O) groups is 1. The number of aryl methyl sites for hydroxylation is 1. The predicted molar refractivity (Wildman–Crippen MR) is 125 cm³/mol. The summed E-state index contributed by atoms with van der Waals surface area (Å²) >= 11 is 0. The molecule has 2 aromatic heterocycles. The van der Waals surface area contributed by atoms with Gasteiger partial charge < -0.3 is 24.6 Å². The third kappa shape index (κ3) is 3.70. The molecule has 5 rings (SSSR count). The van der Waals surface area contributed by atoms with Crippen LogP contribution in [0.1, 0.15) is 45.1 Å².